The largest absolute Gasteiger partial charge is 0.449 e. The van der Waals surface area contributed by atoms with Crippen molar-refractivity contribution in [2.45, 2.75) is 19.9 Å². The van der Waals surface area contributed by atoms with Crippen LogP contribution < -0.4 is 0 Å². The van der Waals surface area contributed by atoms with Gasteiger partial charge in [-0.3, -0.25) is 0 Å². The van der Waals surface area contributed by atoms with Crippen molar-refractivity contribution in [2.75, 3.05) is 12.4 Å². The minimum Gasteiger partial charge on any atom is -0.449 e. The Labute approximate surface area is 106 Å². The SMILES string of the molecule is CCOC(=O)N1Cc2ccccc2CCS1(=O)=O. The van der Waals surface area contributed by atoms with E-state index in [0.717, 1.165) is 15.4 Å². The van der Waals surface area contributed by atoms with Gasteiger partial charge in [0.1, 0.15) is 0 Å². The van der Waals surface area contributed by atoms with E-state index in [2.05, 4.69) is 0 Å². The van der Waals surface area contributed by atoms with Crippen molar-refractivity contribution >= 4 is 16.1 Å². The van der Waals surface area contributed by atoms with Crippen LogP contribution in [0.4, 0.5) is 4.79 Å². The van der Waals surface area contributed by atoms with E-state index in [0.29, 0.717) is 6.42 Å². The van der Waals surface area contributed by atoms with E-state index < -0.39 is 16.1 Å². The lowest BCUT2D eigenvalue weighted by molar-refractivity contribution is 0.130. The highest BCUT2D eigenvalue weighted by Crippen LogP contribution is 2.21. The van der Waals surface area contributed by atoms with Gasteiger partial charge in [-0.05, 0) is 24.5 Å². The molecule has 0 unspecified atom stereocenters. The molecular weight excluding hydrogens is 254 g/mol. The Kier molecular flexibility index (Phi) is 3.56. The van der Waals surface area contributed by atoms with Crippen LogP contribution >= 0.6 is 0 Å². The first kappa shape index (κ1) is 12.9. The highest BCUT2D eigenvalue weighted by atomic mass is 32.2. The van der Waals surface area contributed by atoms with Crippen LogP contribution in [-0.2, 0) is 27.7 Å². The van der Waals surface area contributed by atoms with Crippen LogP contribution in [0.2, 0.25) is 0 Å². The number of amides is 1. The molecule has 0 aromatic heterocycles. The molecule has 1 aromatic rings. The summed E-state index contributed by atoms with van der Waals surface area (Å²) in [6.45, 7) is 1.86. The van der Waals surface area contributed by atoms with Gasteiger partial charge >= 0.3 is 6.09 Å². The standard InChI is InChI=1S/C12H15NO4S/c1-2-17-12(14)13-9-11-6-4-3-5-10(11)7-8-18(13,15)16/h3-6H,2,7-9H2,1H3. The number of nitrogens with zero attached hydrogens (tertiary/aromatic N) is 1. The fourth-order valence-corrected chi connectivity index (χ4v) is 3.25. The number of benzene rings is 1. The van der Waals surface area contributed by atoms with Crippen molar-refractivity contribution in [1.29, 1.82) is 0 Å². The third kappa shape index (κ3) is 2.48. The van der Waals surface area contributed by atoms with E-state index >= 15 is 0 Å². The van der Waals surface area contributed by atoms with E-state index in [1.807, 2.05) is 24.3 Å². The van der Waals surface area contributed by atoms with Gasteiger partial charge in [0, 0.05) is 0 Å². The molecule has 0 atom stereocenters. The molecule has 1 aromatic carbocycles. The molecule has 1 heterocycles. The lowest BCUT2D eigenvalue weighted by Gasteiger charge is -2.19. The van der Waals surface area contributed by atoms with Crippen molar-refractivity contribution < 1.29 is 17.9 Å². The van der Waals surface area contributed by atoms with Gasteiger partial charge in [0.15, 0.2) is 0 Å². The number of hydrogen-bond donors (Lipinski definition) is 0. The molecule has 1 aliphatic rings. The second-order valence-electron chi connectivity index (χ2n) is 4.04. The number of rotatable bonds is 1. The number of carbonyl (C=O) groups is 1. The van der Waals surface area contributed by atoms with Crippen LogP contribution in [0.1, 0.15) is 18.1 Å². The zero-order chi connectivity index (χ0) is 13.2. The zero-order valence-electron chi connectivity index (χ0n) is 10.1. The predicted molar refractivity (Wildman–Crippen MR) is 66.5 cm³/mol. The molecule has 5 nitrogen and oxygen atoms in total. The van der Waals surface area contributed by atoms with Gasteiger partial charge in [-0.25, -0.2) is 13.2 Å². The van der Waals surface area contributed by atoms with Gasteiger partial charge in [-0.15, -0.1) is 0 Å². The molecule has 0 N–H and O–H groups in total. The van der Waals surface area contributed by atoms with E-state index in [4.69, 9.17) is 4.74 Å². The summed E-state index contributed by atoms with van der Waals surface area (Å²) < 4.78 is 29.6. The zero-order valence-corrected chi connectivity index (χ0v) is 10.9. The van der Waals surface area contributed by atoms with Crippen LogP contribution in [-0.4, -0.2) is 31.2 Å². The molecule has 18 heavy (non-hydrogen) atoms. The molecule has 0 fully saturated rings. The molecule has 0 saturated heterocycles. The Morgan fingerprint density at radius 3 is 2.67 bits per heavy atom. The van der Waals surface area contributed by atoms with Gasteiger partial charge in [0.2, 0.25) is 10.0 Å². The van der Waals surface area contributed by atoms with Gasteiger partial charge in [-0.2, -0.15) is 4.31 Å². The smallest absolute Gasteiger partial charge is 0.423 e. The van der Waals surface area contributed by atoms with E-state index in [9.17, 15) is 13.2 Å². The Morgan fingerprint density at radius 2 is 2.00 bits per heavy atom. The van der Waals surface area contributed by atoms with Crippen molar-refractivity contribution in [1.82, 2.24) is 4.31 Å². The number of hydrogen-bond acceptors (Lipinski definition) is 4. The topological polar surface area (TPSA) is 63.7 Å². The molecule has 98 valence electrons. The van der Waals surface area contributed by atoms with Gasteiger partial charge in [0.25, 0.3) is 0 Å². The van der Waals surface area contributed by atoms with Crippen LogP contribution in [0.3, 0.4) is 0 Å². The van der Waals surface area contributed by atoms with E-state index in [-0.39, 0.29) is 18.9 Å². The second kappa shape index (κ2) is 4.97. The monoisotopic (exact) mass is 269 g/mol. The van der Waals surface area contributed by atoms with Crippen LogP contribution in [0.15, 0.2) is 24.3 Å². The predicted octanol–water partition coefficient (Wildman–Crippen LogP) is 1.53. The second-order valence-corrected chi connectivity index (χ2v) is 6.05. The average molecular weight is 269 g/mol. The number of fused-ring (bicyclic) bond motifs is 1. The molecule has 0 aliphatic carbocycles. The minimum absolute atomic E-state index is 0.0529. The maximum Gasteiger partial charge on any atom is 0.423 e. The van der Waals surface area contributed by atoms with Gasteiger partial charge < -0.3 is 4.74 Å². The summed E-state index contributed by atoms with van der Waals surface area (Å²) in [6.07, 6.45) is -0.372. The van der Waals surface area contributed by atoms with Crippen LogP contribution in [0.5, 0.6) is 0 Å². The van der Waals surface area contributed by atoms with Crippen molar-refractivity contribution in [3.8, 4) is 0 Å². The number of carbonyl (C=O) groups excluding carboxylic acids is 1. The molecular formula is C12H15NO4S. The molecule has 0 bridgehead atoms. The van der Waals surface area contributed by atoms with E-state index in [1.54, 1.807) is 6.92 Å². The summed E-state index contributed by atoms with van der Waals surface area (Å²) in [6, 6.07) is 7.42. The molecule has 6 heteroatoms. The molecule has 1 aliphatic heterocycles. The minimum atomic E-state index is -3.59. The third-order valence-electron chi connectivity index (χ3n) is 2.87. The average Bonchev–Trinajstić information content (AvgIpc) is 2.47. The highest BCUT2D eigenvalue weighted by molar-refractivity contribution is 7.89. The Bertz CT molecular complexity index is 553. The maximum absolute atomic E-state index is 12.0. The summed E-state index contributed by atoms with van der Waals surface area (Å²) in [5.41, 5.74) is 1.82. The van der Waals surface area contributed by atoms with Gasteiger partial charge in [0.05, 0.1) is 18.9 Å². The number of sulfonamides is 1. The van der Waals surface area contributed by atoms with Crippen molar-refractivity contribution in [3.05, 3.63) is 35.4 Å². The fourth-order valence-electron chi connectivity index (χ4n) is 1.93. The molecule has 0 saturated carbocycles. The first-order valence-corrected chi connectivity index (χ1v) is 7.39. The first-order valence-electron chi connectivity index (χ1n) is 5.78. The lowest BCUT2D eigenvalue weighted by atomic mass is 10.1. The van der Waals surface area contributed by atoms with Crippen LogP contribution in [0.25, 0.3) is 0 Å². The summed E-state index contributed by atoms with van der Waals surface area (Å²) in [5, 5.41) is 0. The van der Waals surface area contributed by atoms with Crippen molar-refractivity contribution in [2.24, 2.45) is 0 Å². The van der Waals surface area contributed by atoms with Crippen molar-refractivity contribution in [3.63, 3.8) is 0 Å². The lowest BCUT2D eigenvalue weighted by Crippen LogP contribution is -2.37. The van der Waals surface area contributed by atoms with Gasteiger partial charge in [-0.1, -0.05) is 24.3 Å². The molecule has 2 rings (SSSR count). The van der Waals surface area contributed by atoms with E-state index in [1.165, 1.54) is 0 Å². The molecule has 1 amide bonds. The highest BCUT2D eigenvalue weighted by Gasteiger charge is 2.31. The third-order valence-corrected chi connectivity index (χ3v) is 4.54. The molecule has 0 radical (unpaired) electrons. The maximum atomic E-state index is 12.0. The normalized spacial score (nSPS) is 17.7. The quantitative estimate of drug-likeness (QED) is 0.775. The summed E-state index contributed by atoms with van der Waals surface area (Å²) in [4.78, 5) is 11.7. The number of ether oxygens (including phenoxy) is 1. The summed E-state index contributed by atoms with van der Waals surface area (Å²) in [7, 11) is -3.59. The Morgan fingerprint density at radius 1 is 1.33 bits per heavy atom. The summed E-state index contributed by atoms with van der Waals surface area (Å²) >= 11 is 0. The number of aryl methyl sites for hydroxylation is 1. The Balaban J connectivity index is 2.36. The van der Waals surface area contributed by atoms with Crippen LogP contribution in [0, 0.1) is 0 Å². The first-order chi connectivity index (χ1) is 8.54. The molecule has 0 spiro atoms. The Hall–Kier alpha value is -1.56. The fraction of sp³-hybridized carbons (Fsp3) is 0.417. The summed E-state index contributed by atoms with van der Waals surface area (Å²) in [5.74, 6) is -0.0666.